The molecular formula is C28H29N5O5S. The summed E-state index contributed by atoms with van der Waals surface area (Å²) in [5.74, 6) is -0.0342. The summed E-state index contributed by atoms with van der Waals surface area (Å²) in [6, 6.07) is 23.6. The molecule has 0 radical (unpaired) electrons. The summed E-state index contributed by atoms with van der Waals surface area (Å²) in [6.07, 6.45) is 0. The molecule has 4 aromatic rings. The molecule has 11 heteroatoms. The Hall–Kier alpha value is -4.64. The number of amides is 1. The zero-order chi connectivity index (χ0) is 28.2. The molecule has 0 aliphatic carbocycles. The van der Waals surface area contributed by atoms with Crippen molar-refractivity contribution in [1.29, 1.82) is 0 Å². The van der Waals surface area contributed by atoms with Crippen molar-refractivity contribution in [3.8, 4) is 11.4 Å². The summed E-state index contributed by atoms with van der Waals surface area (Å²) < 4.78 is 36.5. The normalized spacial score (nSPS) is 11.7. The van der Waals surface area contributed by atoms with Crippen molar-refractivity contribution >= 4 is 27.3 Å². The Morgan fingerprint density at radius 2 is 1.56 bits per heavy atom. The first kappa shape index (κ1) is 27.4. The van der Waals surface area contributed by atoms with E-state index in [2.05, 4.69) is 10.5 Å². The van der Waals surface area contributed by atoms with Gasteiger partial charge in [-0.1, -0.05) is 36.4 Å². The number of methoxy groups -OCH3 is 1. The number of aromatic nitrogens is 2. The fraction of sp³-hybridized carbons (Fsp3) is 0.179. The zero-order valence-electron chi connectivity index (χ0n) is 22.0. The second-order valence-electron chi connectivity index (χ2n) is 8.70. The zero-order valence-corrected chi connectivity index (χ0v) is 22.8. The van der Waals surface area contributed by atoms with Gasteiger partial charge in [-0.05, 0) is 67.9 Å². The highest BCUT2D eigenvalue weighted by atomic mass is 32.2. The lowest BCUT2D eigenvalue weighted by Crippen LogP contribution is -2.42. The van der Waals surface area contributed by atoms with Gasteiger partial charge in [0.15, 0.2) is 0 Å². The van der Waals surface area contributed by atoms with Gasteiger partial charge in [0.1, 0.15) is 18.0 Å². The van der Waals surface area contributed by atoms with Gasteiger partial charge < -0.3 is 4.74 Å². The third-order valence-corrected chi connectivity index (χ3v) is 8.01. The van der Waals surface area contributed by atoms with Crippen molar-refractivity contribution in [2.24, 2.45) is 12.1 Å². The number of para-hydroxylation sites is 1. The molecule has 1 heterocycles. The lowest BCUT2D eigenvalue weighted by Gasteiger charge is -2.22. The first-order chi connectivity index (χ1) is 18.6. The Kier molecular flexibility index (Phi) is 8.01. The topological polar surface area (TPSA) is 115 Å². The van der Waals surface area contributed by atoms with E-state index in [9.17, 15) is 18.0 Å². The number of benzene rings is 3. The van der Waals surface area contributed by atoms with Crippen LogP contribution in [0.3, 0.4) is 0 Å². The van der Waals surface area contributed by atoms with Crippen molar-refractivity contribution in [2.45, 2.75) is 18.7 Å². The Balaban J connectivity index is 1.73. The fourth-order valence-electron chi connectivity index (χ4n) is 4.05. The van der Waals surface area contributed by atoms with Crippen LogP contribution in [-0.4, -0.2) is 43.1 Å². The van der Waals surface area contributed by atoms with Crippen LogP contribution in [0.25, 0.3) is 5.69 Å². The Bertz CT molecular complexity index is 1660. The maximum absolute atomic E-state index is 13.8. The van der Waals surface area contributed by atoms with Crippen LogP contribution in [0.15, 0.2) is 99.7 Å². The van der Waals surface area contributed by atoms with Crippen LogP contribution in [0.1, 0.15) is 18.2 Å². The molecule has 39 heavy (non-hydrogen) atoms. The number of sulfonamides is 1. The second kappa shape index (κ2) is 11.4. The molecule has 0 aliphatic rings. The smallest absolute Gasteiger partial charge is 0.296 e. The molecule has 10 nitrogen and oxygen atoms in total. The van der Waals surface area contributed by atoms with Gasteiger partial charge in [-0.3, -0.25) is 14.3 Å². The van der Waals surface area contributed by atoms with E-state index in [0.29, 0.717) is 22.8 Å². The number of carbonyl (C=O) groups excluding carboxylic acids is 1. The quantitative estimate of drug-likeness (QED) is 0.255. The molecule has 0 fully saturated rings. The maximum atomic E-state index is 13.8. The van der Waals surface area contributed by atoms with Crippen molar-refractivity contribution in [2.75, 3.05) is 18.0 Å². The average molecular weight is 548 g/mol. The van der Waals surface area contributed by atoms with Gasteiger partial charge in [0, 0.05) is 7.05 Å². The number of rotatable bonds is 9. The van der Waals surface area contributed by atoms with Crippen molar-refractivity contribution in [3.05, 3.63) is 107 Å². The number of hydrogen-bond donors (Lipinski definition) is 1. The van der Waals surface area contributed by atoms with Crippen molar-refractivity contribution < 1.29 is 17.9 Å². The summed E-state index contributed by atoms with van der Waals surface area (Å²) in [6.45, 7) is 2.68. The number of nitrogens with one attached hydrogen (secondary N) is 1. The summed E-state index contributed by atoms with van der Waals surface area (Å²) in [7, 11) is -1.07. The molecule has 0 atom stereocenters. The minimum absolute atomic E-state index is 0.0513. The number of hydrogen-bond acceptors (Lipinski definition) is 6. The Morgan fingerprint density at radius 3 is 2.15 bits per heavy atom. The van der Waals surface area contributed by atoms with Crippen LogP contribution in [0.5, 0.6) is 5.75 Å². The fourth-order valence-corrected chi connectivity index (χ4v) is 5.55. The van der Waals surface area contributed by atoms with Gasteiger partial charge in [0.05, 0.1) is 29.1 Å². The summed E-state index contributed by atoms with van der Waals surface area (Å²) in [5, 5.41) is 4.13. The van der Waals surface area contributed by atoms with E-state index < -0.39 is 28.0 Å². The third kappa shape index (κ3) is 5.63. The molecule has 4 rings (SSSR count). The summed E-state index contributed by atoms with van der Waals surface area (Å²) >= 11 is 0. The summed E-state index contributed by atoms with van der Waals surface area (Å²) in [4.78, 5) is 26.7. The first-order valence-electron chi connectivity index (χ1n) is 12.0. The highest BCUT2D eigenvalue weighted by Crippen LogP contribution is 2.25. The van der Waals surface area contributed by atoms with Crippen LogP contribution in [-0.2, 0) is 21.9 Å². The molecule has 3 aromatic carbocycles. The minimum Gasteiger partial charge on any atom is -0.497 e. The molecule has 0 bridgehead atoms. The number of ether oxygens (including phenoxy) is 1. The van der Waals surface area contributed by atoms with E-state index in [1.807, 2.05) is 6.07 Å². The van der Waals surface area contributed by atoms with Gasteiger partial charge in [0.2, 0.25) is 0 Å². The lowest BCUT2D eigenvalue weighted by molar-refractivity contribution is -0.119. The number of hydrazone groups is 1. The van der Waals surface area contributed by atoms with Gasteiger partial charge in [-0.25, -0.2) is 22.8 Å². The molecule has 1 N–H and O–H groups in total. The Labute approximate surface area is 226 Å². The van der Waals surface area contributed by atoms with Crippen LogP contribution in [0.2, 0.25) is 0 Å². The number of carbonyl (C=O) groups is 1. The average Bonchev–Trinajstić information content (AvgIpc) is 3.18. The van der Waals surface area contributed by atoms with Crippen molar-refractivity contribution in [1.82, 2.24) is 14.8 Å². The predicted molar refractivity (Wildman–Crippen MR) is 150 cm³/mol. The van der Waals surface area contributed by atoms with Gasteiger partial charge in [0.25, 0.3) is 21.5 Å². The van der Waals surface area contributed by atoms with E-state index in [1.54, 1.807) is 99.4 Å². The van der Waals surface area contributed by atoms with Gasteiger partial charge in [-0.2, -0.15) is 5.10 Å². The van der Waals surface area contributed by atoms with E-state index in [4.69, 9.17) is 4.74 Å². The molecule has 0 unspecified atom stereocenters. The van der Waals surface area contributed by atoms with Crippen LogP contribution >= 0.6 is 0 Å². The second-order valence-corrected chi connectivity index (χ2v) is 10.6. The standard InChI is InChI=1S/C28H29N5O5S/c1-20(22-15-17-24(38-4)18-16-22)29-30-26(34)19-32(39(36,37)25-13-9-6-10-14-25)27-21(2)31(3)33(28(27)35)23-11-7-5-8-12-23/h5-18H,19H2,1-4H3,(H,30,34)/b29-20-. The largest absolute Gasteiger partial charge is 0.497 e. The monoisotopic (exact) mass is 547 g/mol. The van der Waals surface area contributed by atoms with Crippen LogP contribution in [0, 0.1) is 6.92 Å². The third-order valence-electron chi connectivity index (χ3n) is 6.25. The minimum atomic E-state index is -4.29. The first-order valence-corrected chi connectivity index (χ1v) is 13.5. The SMILES string of the molecule is COc1ccc(/C(C)=N\NC(=O)CN(c2c(C)n(C)n(-c3ccccc3)c2=O)S(=O)(=O)c2ccccc2)cc1. The Morgan fingerprint density at radius 1 is 0.974 bits per heavy atom. The van der Waals surface area contributed by atoms with Gasteiger partial charge >= 0.3 is 0 Å². The molecule has 0 spiro atoms. The molecule has 0 saturated carbocycles. The highest BCUT2D eigenvalue weighted by Gasteiger charge is 2.33. The van der Waals surface area contributed by atoms with Crippen LogP contribution in [0.4, 0.5) is 5.69 Å². The molecule has 0 saturated heterocycles. The highest BCUT2D eigenvalue weighted by molar-refractivity contribution is 7.92. The van der Waals surface area contributed by atoms with Crippen LogP contribution < -0.4 is 20.0 Å². The predicted octanol–water partition coefficient (Wildman–Crippen LogP) is 3.23. The van der Waals surface area contributed by atoms with E-state index in [-0.39, 0.29) is 10.6 Å². The van der Waals surface area contributed by atoms with E-state index in [1.165, 1.54) is 16.8 Å². The molecule has 1 aromatic heterocycles. The molecular weight excluding hydrogens is 518 g/mol. The molecule has 0 aliphatic heterocycles. The van der Waals surface area contributed by atoms with Crippen molar-refractivity contribution in [3.63, 3.8) is 0 Å². The van der Waals surface area contributed by atoms with E-state index >= 15 is 0 Å². The maximum Gasteiger partial charge on any atom is 0.296 e. The number of nitrogens with zero attached hydrogens (tertiary/aromatic N) is 4. The van der Waals surface area contributed by atoms with Gasteiger partial charge in [-0.15, -0.1) is 0 Å². The molecule has 202 valence electrons. The molecule has 1 amide bonds. The van der Waals surface area contributed by atoms with E-state index in [0.717, 1.165) is 9.87 Å². The number of anilines is 1. The lowest BCUT2D eigenvalue weighted by atomic mass is 10.1. The summed E-state index contributed by atoms with van der Waals surface area (Å²) in [5.41, 5.74) is 3.89.